The summed E-state index contributed by atoms with van der Waals surface area (Å²) in [6.45, 7) is 3.72. The summed E-state index contributed by atoms with van der Waals surface area (Å²) in [4.78, 5) is 30.8. The number of imidazole rings is 1. The Morgan fingerprint density at radius 1 is 1.29 bits per heavy atom. The van der Waals surface area contributed by atoms with Gasteiger partial charge in [0.1, 0.15) is 11.5 Å². The van der Waals surface area contributed by atoms with Gasteiger partial charge in [0.25, 0.3) is 0 Å². The number of carboxylic acid groups (broad SMARTS) is 1. The van der Waals surface area contributed by atoms with Crippen LogP contribution in [0.1, 0.15) is 19.0 Å². The first-order chi connectivity index (χ1) is 16.7. The number of fused-ring (bicyclic) bond motifs is 1. The predicted octanol–water partition coefficient (Wildman–Crippen LogP) is 5.05. The van der Waals surface area contributed by atoms with Crippen molar-refractivity contribution in [3.8, 4) is 0 Å². The van der Waals surface area contributed by atoms with E-state index in [4.69, 9.17) is 26.5 Å². The van der Waals surface area contributed by atoms with Crippen LogP contribution >= 0.6 is 23.4 Å². The zero-order chi connectivity index (χ0) is 25.4. The number of carbonyl (C=O) groups is 1. The van der Waals surface area contributed by atoms with Crippen LogP contribution in [0, 0.1) is 0 Å². The second kappa shape index (κ2) is 11.9. The van der Waals surface area contributed by atoms with E-state index in [1.54, 1.807) is 18.6 Å². The molecule has 14 heteroatoms. The molecule has 0 saturated heterocycles. The van der Waals surface area contributed by atoms with Crippen LogP contribution in [-0.4, -0.2) is 53.3 Å². The maximum absolute atomic E-state index is 10.6. The van der Waals surface area contributed by atoms with Crippen molar-refractivity contribution in [2.75, 3.05) is 11.9 Å². The average molecular weight is 528 g/mol. The molecule has 4 aromatic rings. The van der Waals surface area contributed by atoms with Crippen LogP contribution in [0.4, 0.5) is 19.0 Å². The molecule has 0 aliphatic rings. The third kappa shape index (κ3) is 7.33. The summed E-state index contributed by atoms with van der Waals surface area (Å²) in [7, 11) is 0. The van der Waals surface area contributed by atoms with Gasteiger partial charge in [0.15, 0.2) is 5.16 Å². The van der Waals surface area contributed by atoms with E-state index in [0.29, 0.717) is 10.2 Å². The first kappa shape index (κ1) is 26.3. The van der Waals surface area contributed by atoms with E-state index in [-0.39, 0.29) is 0 Å². The number of hydrogen-bond donors (Lipinski definition) is 3. The van der Waals surface area contributed by atoms with Gasteiger partial charge in [0.2, 0.25) is 0 Å². The van der Waals surface area contributed by atoms with E-state index >= 15 is 0 Å². The van der Waals surface area contributed by atoms with Crippen LogP contribution in [-0.2, 0) is 17.8 Å². The normalized spacial score (nSPS) is 11.2. The molecule has 0 atom stereocenters. The van der Waals surface area contributed by atoms with Crippen molar-refractivity contribution in [3.05, 3.63) is 54.0 Å². The molecule has 3 N–H and O–H groups in total. The largest absolute Gasteiger partial charge is 0.490 e. The standard InChI is InChI=1S/C19H20ClN7S.C2HF3O2/c1-2-14-16(20)15-17(23-7-4-9-27-10-8-22-12-27)25-19(26-18(15)24-14)28-13-5-3-6-21-11-13;3-2(4,5)1(6)7/h3,5-6,8,10-12H,2,4,7,9H2,1H3,(H2,23,24,25,26);(H,6,7). The third-order valence-electron chi connectivity index (χ3n) is 4.53. The zero-order valence-corrected chi connectivity index (χ0v) is 20.0. The summed E-state index contributed by atoms with van der Waals surface area (Å²) in [6.07, 6.45) is 5.78. The number of halogens is 4. The van der Waals surface area contributed by atoms with E-state index in [2.05, 4.69) is 36.7 Å². The Hall–Kier alpha value is -3.32. The fraction of sp³-hybridized carbons (Fsp3) is 0.286. The van der Waals surface area contributed by atoms with Crippen molar-refractivity contribution in [1.29, 1.82) is 0 Å². The van der Waals surface area contributed by atoms with Crippen LogP contribution in [0.2, 0.25) is 5.02 Å². The van der Waals surface area contributed by atoms with Gasteiger partial charge in [0, 0.05) is 48.5 Å². The van der Waals surface area contributed by atoms with Crippen LogP contribution < -0.4 is 5.32 Å². The monoisotopic (exact) mass is 527 g/mol. The van der Waals surface area contributed by atoms with Gasteiger partial charge >= 0.3 is 12.1 Å². The number of hydrogen-bond acceptors (Lipinski definition) is 7. The molecule has 0 aromatic carbocycles. The summed E-state index contributed by atoms with van der Waals surface area (Å²) < 4.78 is 33.8. The third-order valence-corrected chi connectivity index (χ3v) is 5.79. The van der Waals surface area contributed by atoms with Gasteiger partial charge in [-0.25, -0.2) is 19.7 Å². The van der Waals surface area contributed by atoms with Gasteiger partial charge in [0.05, 0.1) is 16.7 Å². The number of nitrogens with zero attached hydrogens (tertiary/aromatic N) is 5. The molecule has 0 aliphatic carbocycles. The summed E-state index contributed by atoms with van der Waals surface area (Å²) in [5.41, 5.74) is 1.72. The lowest BCUT2D eigenvalue weighted by Gasteiger charge is -2.09. The van der Waals surface area contributed by atoms with Crippen molar-refractivity contribution in [2.24, 2.45) is 0 Å². The summed E-state index contributed by atoms with van der Waals surface area (Å²) >= 11 is 8.06. The second-order valence-electron chi connectivity index (χ2n) is 7.02. The van der Waals surface area contributed by atoms with Crippen molar-refractivity contribution in [3.63, 3.8) is 0 Å². The fourth-order valence-corrected chi connectivity index (χ4v) is 4.01. The smallest absolute Gasteiger partial charge is 0.475 e. The molecule has 0 amide bonds. The first-order valence-electron chi connectivity index (χ1n) is 10.3. The highest BCUT2D eigenvalue weighted by Crippen LogP contribution is 2.34. The molecule has 4 rings (SSSR count). The quantitative estimate of drug-likeness (QED) is 0.215. The van der Waals surface area contributed by atoms with Gasteiger partial charge in [-0.05, 0) is 36.7 Å². The number of H-pyrrole nitrogens is 1. The van der Waals surface area contributed by atoms with E-state index in [0.717, 1.165) is 53.4 Å². The predicted molar refractivity (Wildman–Crippen MR) is 126 cm³/mol. The number of nitrogens with one attached hydrogen (secondary N) is 2. The molecule has 4 heterocycles. The molecule has 9 nitrogen and oxygen atoms in total. The molecule has 0 fully saturated rings. The number of pyridine rings is 1. The average Bonchev–Trinajstić information content (AvgIpc) is 3.45. The number of carboxylic acids is 1. The van der Waals surface area contributed by atoms with Gasteiger partial charge in [-0.15, -0.1) is 0 Å². The highest BCUT2D eigenvalue weighted by molar-refractivity contribution is 7.99. The molecule has 35 heavy (non-hydrogen) atoms. The Morgan fingerprint density at radius 3 is 2.66 bits per heavy atom. The summed E-state index contributed by atoms with van der Waals surface area (Å²) in [5.74, 6) is -2.00. The Kier molecular flexibility index (Phi) is 8.93. The lowest BCUT2D eigenvalue weighted by Crippen LogP contribution is -2.21. The highest BCUT2D eigenvalue weighted by Gasteiger charge is 2.38. The number of aryl methyl sites for hydroxylation is 2. The lowest BCUT2D eigenvalue weighted by atomic mass is 10.3. The van der Waals surface area contributed by atoms with E-state index in [1.165, 1.54) is 11.8 Å². The molecule has 4 aromatic heterocycles. The molecule has 186 valence electrons. The SMILES string of the molecule is CCc1[nH]c2nc(Sc3cccnc3)nc(NCCCn3ccnc3)c2c1Cl.O=C(O)C(F)(F)F. The minimum Gasteiger partial charge on any atom is -0.475 e. The van der Waals surface area contributed by atoms with Gasteiger partial charge in [-0.1, -0.05) is 18.5 Å². The van der Waals surface area contributed by atoms with Gasteiger partial charge in [-0.3, -0.25) is 4.98 Å². The number of aromatic amines is 1. The molecule has 0 unspecified atom stereocenters. The van der Waals surface area contributed by atoms with E-state index in [9.17, 15) is 13.2 Å². The molecule has 0 spiro atoms. The van der Waals surface area contributed by atoms with Crippen molar-refractivity contribution >= 4 is 46.2 Å². The van der Waals surface area contributed by atoms with Crippen molar-refractivity contribution < 1.29 is 23.1 Å². The topological polar surface area (TPSA) is 122 Å². The van der Waals surface area contributed by atoms with Crippen LogP contribution in [0.3, 0.4) is 0 Å². The Morgan fingerprint density at radius 2 is 2.06 bits per heavy atom. The maximum atomic E-state index is 10.6. The van der Waals surface area contributed by atoms with Crippen LogP contribution in [0.15, 0.2) is 53.3 Å². The number of aliphatic carboxylic acids is 1. The second-order valence-corrected chi connectivity index (χ2v) is 8.44. The highest BCUT2D eigenvalue weighted by atomic mass is 35.5. The van der Waals surface area contributed by atoms with E-state index in [1.807, 2.05) is 24.7 Å². The fourth-order valence-electron chi connectivity index (χ4n) is 2.90. The summed E-state index contributed by atoms with van der Waals surface area (Å²) in [6, 6.07) is 3.89. The first-order valence-corrected chi connectivity index (χ1v) is 11.5. The van der Waals surface area contributed by atoms with Crippen molar-refractivity contribution in [2.45, 2.75) is 42.5 Å². The van der Waals surface area contributed by atoms with Gasteiger partial charge in [-0.2, -0.15) is 13.2 Å². The maximum Gasteiger partial charge on any atom is 0.490 e. The number of aromatic nitrogens is 6. The van der Waals surface area contributed by atoms with E-state index < -0.39 is 12.1 Å². The Bertz CT molecular complexity index is 1250. The Balaban J connectivity index is 0.000000429. The summed E-state index contributed by atoms with van der Waals surface area (Å²) in [5, 5.41) is 12.7. The molecule has 0 aliphatic heterocycles. The number of rotatable bonds is 8. The number of anilines is 1. The molecule has 0 bridgehead atoms. The molecule has 0 radical (unpaired) electrons. The lowest BCUT2D eigenvalue weighted by molar-refractivity contribution is -0.192. The zero-order valence-electron chi connectivity index (χ0n) is 18.4. The number of alkyl halides is 3. The van der Waals surface area contributed by atoms with Crippen molar-refractivity contribution in [1.82, 2.24) is 29.5 Å². The van der Waals surface area contributed by atoms with Crippen LogP contribution in [0.5, 0.6) is 0 Å². The minimum atomic E-state index is -5.08. The Labute approximate surface area is 207 Å². The van der Waals surface area contributed by atoms with Gasteiger partial charge < -0.3 is 20.0 Å². The van der Waals surface area contributed by atoms with Crippen LogP contribution in [0.25, 0.3) is 11.0 Å². The molecule has 0 saturated carbocycles. The molecular formula is C21H21ClF3N7O2S. The minimum absolute atomic E-state index is 0.651. The molecular weight excluding hydrogens is 507 g/mol.